The molecule has 182 valence electrons. The zero-order chi connectivity index (χ0) is 25.1. The summed E-state index contributed by atoms with van der Waals surface area (Å²) in [5.41, 5.74) is 3.11. The molecule has 0 aliphatic heterocycles. The number of carbonyl (C=O) groups is 1. The van der Waals surface area contributed by atoms with Crippen LogP contribution in [0.5, 0.6) is 5.75 Å². The van der Waals surface area contributed by atoms with Crippen LogP contribution in [0, 0.1) is 12.7 Å². The lowest BCUT2D eigenvalue weighted by Gasteiger charge is -2.21. The predicted octanol–water partition coefficient (Wildman–Crippen LogP) is 4.44. The normalized spacial score (nSPS) is 13.0. The van der Waals surface area contributed by atoms with E-state index in [1.54, 1.807) is 32.3 Å². The van der Waals surface area contributed by atoms with Crippen LogP contribution in [0.2, 0.25) is 5.02 Å². The Kier molecular flexibility index (Phi) is 7.28. The highest BCUT2D eigenvalue weighted by molar-refractivity contribution is 6.31. The molecule has 4 aromatic rings. The number of benzene rings is 2. The SMILES string of the molecule is CC[C@H](O)C(=O)N[C@@H](C)c1cc(F)cc(Cl)c1COc1cccc2c(-n3nccn3)cc(C)nc12. The minimum absolute atomic E-state index is 0.00900. The van der Waals surface area contributed by atoms with Crippen molar-refractivity contribution in [2.45, 2.75) is 45.9 Å². The van der Waals surface area contributed by atoms with Crippen LogP contribution in [0.25, 0.3) is 16.6 Å². The van der Waals surface area contributed by atoms with Crippen LogP contribution in [0.4, 0.5) is 4.39 Å². The second-order valence-corrected chi connectivity index (χ2v) is 8.56. The van der Waals surface area contributed by atoms with Gasteiger partial charge in [0, 0.05) is 16.6 Å². The molecule has 2 aromatic carbocycles. The molecule has 2 heterocycles. The van der Waals surface area contributed by atoms with E-state index in [4.69, 9.17) is 16.3 Å². The zero-order valence-corrected chi connectivity index (χ0v) is 20.3. The summed E-state index contributed by atoms with van der Waals surface area (Å²) in [5.74, 6) is -0.575. The van der Waals surface area contributed by atoms with Crippen molar-refractivity contribution in [3.63, 3.8) is 0 Å². The number of fused-ring (bicyclic) bond motifs is 1. The van der Waals surface area contributed by atoms with Crippen molar-refractivity contribution >= 4 is 28.4 Å². The largest absolute Gasteiger partial charge is 0.487 e. The van der Waals surface area contributed by atoms with Gasteiger partial charge in [0.15, 0.2) is 0 Å². The first kappa shape index (κ1) is 24.6. The highest BCUT2D eigenvalue weighted by Gasteiger charge is 2.21. The van der Waals surface area contributed by atoms with Gasteiger partial charge in [0.25, 0.3) is 0 Å². The van der Waals surface area contributed by atoms with E-state index < -0.39 is 23.9 Å². The summed E-state index contributed by atoms with van der Waals surface area (Å²) in [4.78, 5) is 18.4. The topological polar surface area (TPSA) is 102 Å². The predicted molar refractivity (Wildman–Crippen MR) is 130 cm³/mol. The number of ether oxygens (including phenoxy) is 1. The minimum Gasteiger partial charge on any atom is -0.487 e. The van der Waals surface area contributed by atoms with E-state index in [0.29, 0.717) is 22.4 Å². The number of aromatic nitrogens is 4. The van der Waals surface area contributed by atoms with Gasteiger partial charge in [0.1, 0.15) is 29.8 Å². The molecule has 0 radical (unpaired) electrons. The molecule has 0 aliphatic rings. The highest BCUT2D eigenvalue weighted by Crippen LogP contribution is 2.32. The maximum atomic E-state index is 14.2. The lowest BCUT2D eigenvalue weighted by molar-refractivity contribution is -0.130. The fraction of sp³-hybridized carbons (Fsp3) is 0.280. The minimum atomic E-state index is -1.15. The first-order chi connectivity index (χ1) is 16.8. The smallest absolute Gasteiger partial charge is 0.249 e. The van der Waals surface area contributed by atoms with Gasteiger partial charge < -0.3 is 15.2 Å². The van der Waals surface area contributed by atoms with Crippen molar-refractivity contribution in [2.24, 2.45) is 0 Å². The van der Waals surface area contributed by atoms with Gasteiger partial charge in [0.2, 0.25) is 5.91 Å². The molecule has 0 spiro atoms. The summed E-state index contributed by atoms with van der Waals surface area (Å²) in [6.07, 6.45) is 2.31. The average molecular weight is 498 g/mol. The number of aryl methyl sites for hydroxylation is 1. The van der Waals surface area contributed by atoms with Gasteiger partial charge in [-0.1, -0.05) is 30.7 Å². The Labute approximate surface area is 206 Å². The fourth-order valence-corrected chi connectivity index (χ4v) is 4.10. The number of hydrogen-bond donors (Lipinski definition) is 2. The van der Waals surface area contributed by atoms with Crippen molar-refractivity contribution in [1.82, 2.24) is 25.3 Å². The summed E-state index contributed by atoms with van der Waals surface area (Å²) in [5, 5.41) is 21.9. The molecule has 10 heteroatoms. The highest BCUT2D eigenvalue weighted by atomic mass is 35.5. The Morgan fingerprint density at radius 3 is 2.71 bits per heavy atom. The van der Waals surface area contributed by atoms with E-state index in [1.165, 1.54) is 16.9 Å². The molecule has 1 amide bonds. The number of amides is 1. The molecule has 4 rings (SSSR count). The third kappa shape index (κ3) is 5.26. The molecular weight excluding hydrogens is 473 g/mol. The molecule has 0 bridgehead atoms. The third-order valence-electron chi connectivity index (χ3n) is 5.62. The van der Waals surface area contributed by atoms with Gasteiger partial charge in [-0.15, -0.1) is 0 Å². The van der Waals surface area contributed by atoms with Crippen molar-refractivity contribution in [1.29, 1.82) is 0 Å². The van der Waals surface area contributed by atoms with Crippen molar-refractivity contribution in [3.05, 3.63) is 76.5 Å². The molecule has 35 heavy (non-hydrogen) atoms. The van der Waals surface area contributed by atoms with E-state index in [-0.39, 0.29) is 18.1 Å². The van der Waals surface area contributed by atoms with Crippen LogP contribution in [-0.2, 0) is 11.4 Å². The second-order valence-electron chi connectivity index (χ2n) is 8.15. The standard InChI is InChI=1S/C25H25ClFN5O3/c1-4-22(33)25(34)31-15(3)18-11-16(27)12-20(26)19(18)13-35-23-7-5-6-17-21(32-28-8-9-29-32)10-14(2)30-24(17)23/h5-12,15,22,33H,4,13H2,1-3H3,(H,31,34)/t15-,22-/m0/s1. The quantitative estimate of drug-likeness (QED) is 0.373. The Morgan fingerprint density at radius 2 is 2.00 bits per heavy atom. The summed E-state index contributed by atoms with van der Waals surface area (Å²) < 4.78 is 20.4. The molecule has 2 N–H and O–H groups in total. The second kappa shape index (κ2) is 10.4. The van der Waals surface area contributed by atoms with Gasteiger partial charge in [-0.3, -0.25) is 4.79 Å². The number of nitrogens with one attached hydrogen (secondary N) is 1. The fourth-order valence-electron chi connectivity index (χ4n) is 3.84. The Balaban J connectivity index is 1.67. The third-order valence-corrected chi connectivity index (χ3v) is 5.96. The lowest BCUT2D eigenvalue weighted by Crippen LogP contribution is -2.36. The first-order valence-electron chi connectivity index (χ1n) is 11.1. The summed E-state index contributed by atoms with van der Waals surface area (Å²) in [7, 11) is 0. The number of halogens is 2. The van der Waals surface area contributed by atoms with Gasteiger partial charge in [-0.2, -0.15) is 15.0 Å². The van der Waals surface area contributed by atoms with E-state index >= 15 is 0 Å². The van der Waals surface area contributed by atoms with Gasteiger partial charge >= 0.3 is 0 Å². The monoisotopic (exact) mass is 497 g/mol. The molecule has 0 aliphatic carbocycles. The maximum Gasteiger partial charge on any atom is 0.249 e. The van der Waals surface area contributed by atoms with Crippen LogP contribution in [0.1, 0.15) is 43.1 Å². The molecule has 0 saturated heterocycles. The number of aliphatic hydroxyl groups excluding tert-OH is 1. The van der Waals surface area contributed by atoms with Crippen molar-refractivity contribution in [3.8, 4) is 11.4 Å². The zero-order valence-electron chi connectivity index (χ0n) is 19.5. The number of para-hydroxylation sites is 1. The number of nitrogens with zero attached hydrogens (tertiary/aromatic N) is 4. The van der Waals surface area contributed by atoms with Gasteiger partial charge in [-0.25, -0.2) is 9.37 Å². The van der Waals surface area contributed by atoms with E-state index in [2.05, 4.69) is 20.5 Å². The number of aliphatic hydroxyl groups is 1. The van der Waals surface area contributed by atoms with Crippen LogP contribution in [0.15, 0.2) is 48.8 Å². The molecule has 8 nitrogen and oxygen atoms in total. The lowest BCUT2D eigenvalue weighted by atomic mass is 10.0. The van der Waals surface area contributed by atoms with E-state index in [9.17, 15) is 14.3 Å². The van der Waals surface area contributed by atoms with E-state index in [0.717, 1.165) is 16.8 Å². The molecule has 2 aromatic heterocycles. The van der Waals surface area contributed by atoms with Gasteiger partial charge in [-0.05, 0) is 50.1 Å². The van der Waals surface area contributed by atoms with Crippen molar-refractivity contribution in [2.75, 3.05) is 0 Å². The number of pyridine rings is 1. The average Bonchev–Trinajstić information content (AvgIpc) is 3.37. The summed E-state index contributed by atoms with van der Waals surface area (Å²) >= 11 is 6.39. The first-order valence-corrected chi connectivity index (χ1v) is 11.5. The van der Waals surface area contributed by atoms with Crippen LogP contribution >= 0.6 is 11.6 Å². The van der Waals surface area contributed by atoms with Crippen LogP contribution < -0.4 is 10.1 Å². The molecular formula is C25H25ClFN5O3. The van der Waals surface area contributed by atoms with Crippen molar-refractivity contribution < 1.29 is 19.0 Å². The molecule has 0 fully saturated rings. The number of hydrogen-bond acceptors (Lipinski definition) is 6. The Hall–Kier alpha value is -3.56. The molecule has 0 unspecified atom stereocenters. The molecule has 2 atom stereocenters. The summed E-state index contributed by atoms with van der Waals surface area (Å²) in [6, 6.07) is 9.31. The van der Waals surface area contributed by atoms with E-state index in [1.807, 2.05) is 25.1 Å². The summed E-state index contributed by atoms with van der Waals surface area (Å²) in [6.45, 7) is 5.27. The Bertz CT molecular complexity index is 1360. The van der Waals surface area contributed by atoms with Gasteiger partial charge in [0.05, 0.1) is 29.1 Å². The Morgan fingerprint density at radius 1 is 1.26 bits per heavy atom. The molecule has 0 saturated carbocycles. The maximum absolute atomic E-state index is 14.2. The number of carbonyl (C=O) groups excluding carboxylic acids is 1. The van der Waals surface area contributed by atoms with Crippen LogP contribution in [0.3, 0.4) is 0 Å². The van der Waals surface area contributed by atoms with Crippen LogP contribution in [-0.4, -0.2) is 37.1 Å². The number of rotatable bonds is 8.